The van der Waals surface area contributed by atoms with E-state index in [0.717, 1.165) is 30.2 Å². The van der Waals surface area contributed by atoms with Gasteiger partial charge in [0.2, 0.25) is 5.91 Å². The van der Waals surface area contributed by atoms with E-state index in [1.807, 2.05) is 35.0 Å². The third-order valence-electron chi connectivity index (χ3n) is 5.39. The zero-order valence-electron chi connectivity index (χ0n) is 16.2. The molecule has 0 bridgehead atoms. The summed E-state index contributed by atoms with van der Waals surface area (Å²) >= 11 is 0. The van der Waals surface area contributed by atoms with Gasteiger partial charge in [0, 0.05) is 30.9 Å². The second kappa shape index (κ2) is 8.89. The molecule has 2 amide bonds. The lowest BCUT2D eigenvalue weighted by Crippen LogP contribution is -2.59. The summed E-state index contributed by atoms with van der Waals surface area (Å²) in [5.74, 6) is -0.540. The van der Waals surface area contributed by atoms with Crippen molar-refractivity contribution in [2.75, 3.05) is 20.3 Å². The molecule has 1 aromatic carbocycles. The Hall–Kier alpha value is -2.85. The number of benzene rings is 1. The van der Waals surface area contributed by atoms with Crippen molar-refractivity contribution in [2.24, 2.45) is 0 Å². The third-order valence-corrected chi connectivity index (χ3v) is 5.39. The first-order valence-electron chi connectivity index (χ1n) is 9.65. The predicted molar refractivity (Wildman–Crippen MR) is 106 cm³/mol. The van der Waals surface area contributed by atoms with Crippen molar-refractivity contribution >= 4 is 22.7 Å². The number of nitrogens with zero attached hydrogens (tertiary/aromatic N) is 2. The van der Waals surface area contributed by atoms with Gasteiger partial charge in [0.05, 0.1) is 12.7 Å². The summed E-state index contributed by atoms with van der Waals surface area (Å²) < 4.78 is 7.19. The number of carbonyl (C=O) groups is 2. The lowest BCUT2D eigenvalue weighted by molar-refractivity contribution is -0.128. The molecule has 0 saturated heterocycles. The summed E-state index contributed by atoms with van der Waals surface area (Å²) in [5.41, 5.74) is 0.526. The van der Waals surface area contributed by atoms with Crippen molar-refractivity contribution in [1.82, 2.24) is 15.2 Å². The Morgan fingerprint density at radius 3 is 2.75 bits per heavy atom. The zero-order chi connectivity index (χ0) is 20.0. The molecule has 1 aliphatic carbocycles. The van der Waals surface area contributed by atoms with E-state index in [9.17, 15) is 9.59 Å². The number of methoxy groups -OCH3 is 1. The monoisotopic (exact) mass is 382 g/mol. The number of nitriles is 1. The van der Waals surface area contributed by atoms with Gasteiger partial charge >= 0.3 is 0 Å². The number of rotatable bonds is 7. The summed E-state index contributed by atoms with van der Waals surface area (Å²) in [6, 6.07) is 9.47. The molecule has 0 atom stereocenters. The fraction of sp³-hybridized carbons (Fsp3) is 0.476. The zero-order valence-corrected chi connectivity index (χ0v) is 16.2. The Balaban J connectivity index is 1.83. The van der Waals surface area contributed by atoms with E-state index in [1.54, 1.807) is 13.2 Å². The minimum atomic E-state index is -0.945. The van der Waals surface area contributed by atoms with E-state index in [2.05, 4.69) is 10.6 Å². The SMILES string of the molecule is COCCn1ccc2ccc(C(=O)NC3(C(=O)NCC#N)CCCCC3)cc21. The van der Waals surface area contributed by atoms with Gasteiger partial charge in [0.25, 0.3) is 5.91 Å². The van der Waals surface area contributed by atoms with Crippen molar-refractivity contribution in [3.63, 3.8) is 0 Å². The number of hydrogen-bond acceptors (Lipinski definition) is 4. The summed E-state index contributed by atoms with van der Waals surface area (Å²) in [5, 5.41) is 15.4. The Morgan fingerprint density at radius 2 is 2.04 bits per heavy atom. The molecule has 2 N–H and O–H groups in total. The molecule has 1 fully saturated rings. The minimum Gasteiger partial charge on any atom is -0.383 e. The lowest BCUT2D eigenvalue weighted by atomic mass is 9.80. The van der Waals surface area contributed by atoms with Crippen LogP contribution in [0.3, 0.4) is 0 Å². The molecule has 28 heavy (non-hydrogen) atoms. The number of hydrogen-bond donors (Lipinski definition) is 2. The van der Waals surface area contributed by atoms with Gasteiger partial charge < -0.3 is 19.9 Å². The van der Waals surface area contributed by atoms with Crippen LogP contribution in [0.2, 0.25) is 0 Å². The number of fused-ring (bicyclic) bond motifs is 1. The summed E-state index contributed by atoms with van der Waals surface area (Å²) in [4.78, 5) is 25.7. The molecule has 0 radical (unpaired) electrons. The maximum Gasteiger partial charge on any atom is 0.252 e. The second-order valence-corrected chi connectivity index (χ2v) is 7.21. The van der Waals surface area contributed by atoms with Crippen molar-refractivity contribution in [3.8, 4) is 6.07 Å². The number of amides is 2. The molecule has 1 saturated carbocycles. The van der Waals surface area contributed by atoms with Crippen molar-refractivity contribution < 1.29 is 14.3 Å². The fourth-order valence-corrected chi connectivity index (χ4v) is 3.85. The van der Waals surface area contributed by atoms with Gasteiger partial charge in [0.15, 0.2) is 0 Å². The van der Waals surface area contributed by atoms with Gasteiger partial charge in [-0.2, -0.15) is 5.26 Å². The molecule has 3 rings (SSSR count). The smallest absolute Gasteiger partial charge is 0.252 e. The molecule has 1 aliphatic rings. The standard InChI is InChI=1S/C21H26N4O3/c1-28-14-13-25-12-7-16-5-6-17(15-18(16)25)19(26)24-21(8-3-2-4-9-21)20(27)23-11-10-22/h5-7,12,15H,2-4,8-9,11,13-14H2,1H3,(H,23,27)(H,24,26). The summed E-state index contributed by atoms with van der Waals surface area (Å²) in [6.45, 7) is 1.23. The van der Waals surface area contributed by atoms with Crippen LogP contribution in [0, 0.1) is 11.3 Å². The highest BCUT2D eigenvalue weighted by Gasteiger charge is 2.40. The molecule has 0 unspecified atom stereocenters. The van der Waals surface area contributed by atoms with Gasteiger partial charge in [-0.3, -0.25) is 9.59 Å². The average Bonchev–Trinajstić information content (AvgIpc) is 3.13. The Morgan fingerprint density at radius 1 is 1.25 bits per heavy atom. The Bertz CT molecular complexity index is 891. The normalized spacial score (nSPS) is 15.7. The van der Waals surface area contributed by atoms with E-state index in [-0.39, 0.29) is 18.4 Å². The molecule has 1 heterocycles. The minimum absolute atomic E-state index is 0.0601. The van der Waals surface area contributed by atoms with Gasteiger partial charge in [-0.25, -0.2) is 0 Å². The van der Waals surface area contributed by atoms with Crippen LogP contribution in [0.4, 0.5) is 0 Å². The second-order valence-electron chi connectivity index (χ2n) is 7.21. The van der Waals surface area contributed by atoms with Gasteiger partial charge in [-0.05, 0) is 36.4 Å². The largest absolute Gasteiger partial charge is 0.383 e. The van der Waals surface area contributed by atoms with Crippen LogP contribution in [0.5, 0.6) is 0 Å². The van der Waals surface area contributed by atoms with E-state index < -0.39 is 5.54 Å². The maximum absolute atomic E-state index is 13.0. The van der Waals surface area contributed by atoms with Crippen LogP contribution in [0.1, 0.15) is 42.5 Å². The quantitative estimate of drug-likeness (QED) is 0.719. The highest BCUT2D eigenvalue weighted by Crippen LogP contribution is 2.29. The maximum atomic E-state index is 13.0. The molecule has 1 aromatic heterocycles. The molecule has 7 nitrogen and oxygen atoms in total. The van der Waals surface area contributed by atoms with Crippen LogP contribution in [-0.2, 0) is 16.1 Å². The van der Waals surface area contributed by atoms with Crippen LogP contribution < -0.4 is 10.6 Å². The molecule has 0 spiro atoms. The number of ether oxygens (including phenoxy) is 1. The highest BCUT2D eigenvalue weighted by molar-refractivity contribution is 6.01. The first-order chi connectivity index (χ1) is 13.6. The van der Waals surface area contributed by atoms with Crippen LogP contribution >= 0.6 is 0 Å². The van der Waals surface area contributed by atoms with Crippen LogP contribution in [0.15, 0.2) is 30.5 Å². The Kier molecular flexibility index (Phi) is 6.32. The molecular weight excluding hydrogens is 356 g/mol. The van der Waals surface area contributed by atoms with Crippen molar-refractivity contribution in [3.05, 3.63) is 36.0 Å². The first kappa shape index (κ1) is 19.9. The van der Waals surface area contributed by atoms with Crippen molar-refractivity contribution in [2.45, 2.75) is 44.2 Å². The van der Waals surface area contributed by atoms with Gasteiger partial charge in [-0.1, -0.05) is 25.3 Å². The average molecular weight is 382 g/mol. The highest BCUT2D eigenvalue weighted by atomic mass is 16.5. The molecular formula is C21H26N4O3. The fourth-order valence-electron chi connectivity index (χ4n) is 3.85. The lowest BCUT2D eigenvalue weighted by Gasteiger charge is -2.36. The molecule has 2 aromatic rings. The number of carbonyl (C=O) groups excluding carboxylic acids is 2. The topological polar surface area (TPSA) is 96.2 Å². The predicted octanol–water partition coefficient (Wildman–Crippen LogP) is 2.36. The van der Waals surface area contributed by atoms with E-state index in [4.69, 9.17) is 10.00 Å². The van der Waals surface area contributed by atoms with Gasteiger partial charge in [-0.15, -0.1) is 0 Å². The summed E-state index contributed by atoms with van der Waals surface area (Å²) in [7, 11) is 1.66. The van der Waals surface area contributed by atoms with Crippen molar-refractivity contribution in [1.29, 1.82) is 5.26 Å². The number of aromatic nitrogens is 1. The van der Waals surface area contributed by atoms with E-state index >= 15 is 0 Å². The first-order valence-corrected chi connectivity index (χ1v) is 9.65. The van der Waals surface area contributed by atoms with E-state index in [0.29, 0.717) is 31.6 Å². The third kappa shape index (κ3) is 4.18. The molecule has 7 heteroatoms. The van der Waals surface area contributed by atoms with Gasteiger partial charge in [0.1, 0.15) is 12.1 Å². The van der Waals surface area contributed by atoms with Crippen LogP contribution in [-0.4, -0.2) is 42.2 Å². The summed E-state index contributed by atoms with van der Waals surface area (Å²) in [6.07, 6.45) is 5.94. The van der Waals surface area contributed by atoms with Crippen LogP contribution in [0.25, 0.3) is 10.9 Å². The Labute approximate surface area is 164 Å². The molecule has 148 valence electrons. The van der Waals surface area contributed by atoms with E-state index in [1.165, 1.54) is 0 Å². The molecule has 0 aliphatic heterocycles. The number of nitrogens with one attached hydrogen (secondary N) is 2.